The van der Waals surface area contributed by atoms with Gasteiger partial charge in [-0.2, -0.15) is 0 Å². The van der Waals surface area contributed by atoms with E-state index in [-0.39, 0.29) is 24.4 Å². The van der Waals surface area contributed by atoms with E-state index in [1.54, 1.807) is 12.1 Å². The molecule has 7 heteroatoms. The van der Waals surface area contributed by atoms with E-state index < -0.39 is 0 Å². The Balaban J connectivity index is 0.00000161. The summed E-state index contributed by atoms with van der Waals surface area (Å²) in [5, 5.41) is 6.60. The number of hydrogen-bond acceptors (Lipinski definition) is 4. The third-order valence-corrected chi connectivity index (χ3v) is 3.81. The van der Waals surface area contributed by atoms with Crippen molar-refractivity contribution in [2.75, 3.05) is 25.1 Å². The van der Waals surface area contributed by atoms with Crippen molar-refractivity contribution in [1.82, 2.24) is 5.32 Å². The van der Waals surface area contributed by atoms with Crippen LogP contribution >= 0.6 is 24.0 Å². The first kappa shape index (κ1) is 16.2. The molecule has 0 aliphatic carbocycles. The lowest BCUT2D eigenvalue weighted by Gasteiger charge is -2.20. The van der Waals surface area contributed by atoms with Crippen LogP contribution in [-0.2, 0) is 4.79 Å². The maximum atomic E-state index is 12.0. The Morgan fingerprint density at radius 2 is 2.05 bits per heavy atom. The molecule has 21 heavy (non-hydrogen) atoms. The Bertz CT molecular complexity index is 519. The van der Waals surface area contributed by atoms with Crippen LogP contribution < -0.4 is 20.1 Å². The molecule has 1 aromatic rings. The zero-order chi connectivity index (χ0) is 13.9. The molecule has 0 spiro atoms. The molecule has 3 rings (SSSR count). The summed E-state index contributed by atoms with van der Waals surface area (Å²) < 4.78 is 10.9. The maximum absolute atomic E-state index is 12.0. The van der Waals surface area contributed by atoms with Gasteiger partial charge in [-0.1, -0.05) is 11.6 Å². The average Bonchev–Trinajstić information content (AvgIpc) is 2.92. The lowest BCUT2D eigenvalue weighted by atomic mass is 10.1. The van der Waals surface area contributed by atoms with Gasteiger partial charge in [0.2, 0.25) is 5.91 Å². The van der Waals surface area contributed by atoms with Crippen LogP contribution in [0.25, 0.3) is 0 Å². The molecular weight excluding hydrogens is 315 g/mol. The summed E-state index contributed by atoms with van der Waals surface area (Å²) in [4.78, 5) is 12.0. The molecule has 0 radical (unpaired) electrons. The highest BCUT2D eigenvalue weighted by atomic mass is 35.5. The van der Waals surface area contributed by atoms with Crippen LogP contribution in [0.1, 0.15) is 19.3 Å². The number of ether oxygens (including phenoxy) is 2. The molecule has 116 valence electrons. The van der Waals surface area contributed by atoms with Gasteiger partial charge in [0, 0.05) is 24.6 Å². The minimum absolute atomic E-state index is 0. The number of hydrogen-bond donors (Lipinski definition) is 2. The Morgan fingerprint density at radius 1 is 1.33 bits per heavy atom. The third kappa shape index (κ3) is 3.93. The summed E-state index contributed by atoms with van der Waals surface area (Å²) >= 11 is 6.16. The van der Waals surface area contributed by atoms with Crippen molar-refractivity contribution in [3.05, 3.63) is 17.2 Å². The molecule has 2 aliphatic rings. The van der Waals surface area contributed by atoms with Crippen LogP contribution in [0.15, 0.2) is 12.1 Å². The van der Waals surface area contributed by atoms with Crippen LogP contribution in [0.4, 0.5) is 5.69 Å². The number of anilines is 1. The lowest BCUT2D eigenvalue weighted by molar-refractivity contribution is -0.116. The van der Waals surface area contributed by atoms with Crippen molar-refractivity contribution in [2.24, 2.45) is 0 Å². The molecule has 5 nitrogen and oxygen atoms in total. The second-order valence-electron chi connectivity index (χ2n) is 5.02. The number of halogens is 2. The van der Waals surface area contributed by atoms with Crippen molar-refractivity contribution in [1.29, 1.82) is 0 Å². The van der Waals surface area contributed by atoms with Crippen LogP contribution in [0, 0.1) is 0 Å². The summed E-state index contributed by atoms with van der Waals surface area (Å²) in [6, 6.07) is 3.67. The second kappa shape index (κ2) is 7.20. The van der Waals surface area contributed by atoms with E-state index in [1.807, 2.05) is 0 Å². The Kier molecular flexibility index (Phi) is 5.56. The van der Waals surface area contributed by atoms with Gasteiger partial charge in [0.25, 0.3) is 0 Å². The number of carbonyl (C=O) groups excluding carboxylic acids is 1. The monoisotopic (exact) mass is 332 g/mol. The fraction of sp³-hybridized carbons (Fsp3) is 0.500. The standard InChI is InChI=1S/C14H17ClN2O3.ClH/c15-10-7-12-13(20-5-4-19-12)8-11(10)17-14(18)6-9-2-1-3-16-9;/h7-9,16H,1-6H2,(H,17,18);1H. The van der Waals surface area contributed by atoms with Crippen molar-refractivity contribution in [3.8, 4) is 11.5 Å². The normalized spacial score (nSPS) is 19.8. The van der Waals surface area contributed by atoms with E-state index in [0.29, 0.717) is 41.8 Å². The van der Waals surface area contributed by atoms with Gasteiger partial charge in [-0.25, -0.2) is 0 Å². The zero-order valence-corrected chi connectivity index (χ0v) is 13.1. The van der Waals surface area contributed by atoms with E-state index in [0.717, 1.165) is 19.4 Å². The molecule has 0 bridgehead atoms. The first-order chi connectivity index (χ1) is 9.72. The summed E-state index contributed by atoms with van der Waals surface area (Å²) in [6.07, 6.45) is 2.63. The van der Waals surface area contributed by atoms with Crippen molar-refractivity contribution < 1.29 is 14.3 Å². The third-order valence-electron chi connectivity index (χ3n) is 3.50. The molecule has 1 unspecified atom stereocenters. The highest BCUT2D eigenvalue weighted by molar-refractivity contribution is 6.34. The van der Waals surface area contributed by atoms with E-state index in [4.69, 9.17) is 21.1 Å². The van der Waals surface area contributed by atoms with E-state index in [9.17, 15) is 4.79 Å². The van der Waals surface area contributed by atoms with Crippen LogP contribution in [-0.4, -0.2) is 31.7 Å². The fourth-order valence-electron chi connectivity index (χ4n) is 2.52. The molecule has 1 saturated heterocycles. The van der Waals surface area contributed by atoms with Gasteiger partial charge in [0.15, 0.2) is 11.5 Å². The number of benzene rings is 1. The first-order valence-corrected chi connectivity index (χ1v) is 7.22. The lowest BCUT2D eigenvalue weighted by Crippen LogP contribution is -2.27. The van der Waals surface area contributed by atoms with Gasteiger partial charge < -0.3 is 20.1 Å². The number of carbonyl (C=O) groups is 1. The number of fused-ring (bicyclic) bond motifs is 1. The summed E-state index contributed by atoms with van der Waals surface area (Å²) in [6.45, 7) is 2.01. The first-order valence-electron chi connectivity index (χ1n) is 6.85. The molecule has 1 fully saturated rings. The topological polar surface area (TPSA) is 59.6 Å². The Hall–Kier alpha value is -1.17. The van der Waals surface area contributed by atoms with Gasteiger partial charge in [0.05, 0.1) is 10.7 Å². The van der Waals surface area contributed by atoms with Gasteiger partial charge in [-0.15, -0.1) is 12.4 Å². The second-order valence-corrected chi connectivity index (χ2v) is 5.43. The molecule has 2 N–H and O–H groups in total. The van der Waals surface area contributed by atoms with E-state index >= 15 is 0 Å². The SMILES string of the molecule is Cl.O=C(CC1CCCN1)Nc1cc2c(cc1Cl)OCCO2. The van der Waals surface area contributed by atoms with Gasteiger partial charge in [-0.05, 0) is 19.4 Å². The number of amides is 1. The van der Waals surface area contributed by atoms with Crippen LogP contribution in [0.2, 0.25) is 5.02 Å². The minimum Gasteiger partial charge on any atom is -0.486 e. The van der Waals surface area contributed by atoms with Crippen molar-refractivity contribution in [3.63, 3.8) is 0 Å². The fourth-order valence-corrected chi connectivity index (χ4v) is 2.72. The number of nitrogens with one attached hydrogen (secondary N) is 2. The quantitative estimate of drug-likeness (QED) is 0.893. The summed E-state index contributed by atoms with van der Waals surface area (Å²) in [5.41, 5.74) is 0.568. The van der Waals surface area contributed by atoms with E-state index in [2.05, 4.69) is 10.6 Å². The predicted octanol–water partition coefficient (Wildman–Crippen LogP) is 2.61. The summed E-state index contributed by atoms with van der Waals surface area (Å²) in [7, 11) is 0. The van der Waals surface area contributed by atoms with Crippen LogP contribution in [0.5, 0.6) is 11.5 Å². The number of rotatable bonds is 3. The molecule has 1 amide bonds. The van der Waals surface area contributed by atoms with Gasteiger partial charge in [-0.3, -0.25) is 4.79 Å². The zero-order valence-electron chi connectivity index (χ0n) is 11.5. The molecule has 0 saturated carbocycles. The highest BCUT2D eigenvalue weighted by Gasteiger charge is 2.20. The molecule has 2 aliphatic heterocycles. The van der Waals surface area contributed by atoms with Crippen molar-refractivity contribution >= 4 is 35.6 Å². The van der Waals surface area contributed by atoms with E-state index in [1.165, 1.54) is 0 Å². The smallest absolute Gasteiger partial charge is 0.225 e. The minimum atomic E-state index is -0.0389. The molecule has 1 atom stereocenters. The predicted molar refractivity (Wildman–Crippen MR) is 84.0 cm³/mol. The van der Waals surface area contributed by atoms with Gasteiger partial charge >= 0.3 is 0 Å². The van der Waals surface area contributed by atoms with Gasteiger partial charge in [0.1, 0.15) is 13.2 Å². The molecule has 0 aromatic heterocycles. The average molecular weight is 333 g/mol. The molecule has 1 aromatic carbocycles. The summed E-state index contributed by atoms with van der Waals surface area (Å²) in [5.74, 6) is 1.20. The molecular formula is C14H18Cl2N2O3. The maximum Gasteiger partial charge on any atom is 0.225 e. The highest BCUT2D eigenvalue weighted by Crippen LogP contribution is 2.38. The largest absolute Gasteiger partial charge is 0.486 e. The Labute approximate surface area is 134 Å². The van der Waals surface area contributed by atoms with Crippen molar-refractivity contribution in [2.45, 2.75) is 25.3 Å². The van der Waals surface area contributed by atoms with Crippen LogP contribution in [0.3, 0.4) is 0 Å². The molecule has 2 heterocycles. The Morgan fingerprint density at radius 3 is 2.71 bits per heavy atom.